The highest BCUT2D eigenvalue weighted by Gasteiger charge is 2.57. The van der Waals surface area contributed by atoms with Gasteiger partial charge in [0.2, 0.25) is 0 Å². The molecule has 12 heteroatoms. The fraction of sp³-hybridized carbons (Fsp3) is 0.333. The van der Waals surface area contributed by atoms with Gasteiger partial charge in [0, 0.05) is 46.0 Å². The first kappa shape index (κ1) is 30.3. The number of hydrogen-bond donors (Lipinski definition) is 3. The van der Waals surface area contributed by atoms with Crippen LogP contribution in [-0.4, -0.2) is 57.5 Å². The van der Waals surface area contributed by atoms with Crippen LogP contribution >= 0.6 is 23.2 Å². The van der Waals surface area contributed by atoms with E-state index in [4.69, 9.17) is 23.2 Å². The zero-order chi connectivity index (χ0) is 30.1. The molecule has 3 aromatic carbocycles. The number of fused-ring (bicyclic) bond motifs is 1. The monoisotopic (exact) mass is 629 g/mol. The molecular formula is C30H33Cl2N5O4S. The minimum Gasteiger partial charge on any atom is -0.325 e. The number of amides is 3. The third-order valence-corrected chi connectivity index (χ3v) is 10.1. The smallest absolute Gasteiger partial charge is 0.321 e. The summed E-state index contributed by atoms with van der Waals surface area (Å²) in [6, 6.07) is 17.1. The zero-order valence-electron chi connectivity index (χ0n) is 23.4. The summed E-state index contributed by atoms with van der Waals surface area (Å²) in [5, 5.41) is 10.3. The minimum absolute atomic E-state index is 0.0883. The van der Waals surface area contributed by atoms with Gasteiger partial charge in [-0.1, -0.05) is 41.4 Å². The summed E-state index contributed by atoms with van der Waals surface area (Å²) in [6.07, 6.45) is 1.48. The number of sulfonamides is 1. The van der Waals surface area contributed by atoms with Crippen LogP contribution in [-0.2, 0) is 20.4 Å². The highest BCUT2D eigenvalue weighted by molar-refractivity contribution is 7.93. The lowest BCUT2D eigenvalue weighted by molar-refractivity contribution is -0.122. The van der Waals surface area contributed by atoms with Crippen molar-refractivity contribution in [3.05, 3.63) is 87.9 Å². The van der Waals surface area contributed by atoms with Gasteiger partial charge >= 0.3 is 6.03 Å². The average molecular weight is 631 g/mol. The lowest BCUT2D eigenvalue weighted by atomic mass is 9.82. The standard InChI is InChI=1S/C30H33Cl2N5O4S/c1-3-36(4-2)29(39)34-21-10-12-23(13-11-21)42(40,41)37-27-14-9-20(31)19-25(27)30(28(37)38,24-7-5-6-8-26(24)32)35-22-15-17-33-18-16-22/h5-14,19,22,33,35H,3-4,15-18H2,1-2H3,(H,34,39). The first-order valence-electron chi connectivity index (χ1n) is 13.9. The van der Waals surface area contributed by atoms with E-state index in [1.807, 2.05) is 13.8 Å². The van der Waals surface area contributed by atoms with Gasteiger partial charge in [-0.2, -0.15) is 0 Å². The van der Waals surface area contributed by atoms with Crippen molar-refractivity contribution >= 4 is 56.5 Å². The normalized spacial score (nSPS) is 19.0. The van der Waals surface area contributed by atoms with Crippen molar-refractivity contribution in [2.45, 2.75) is 43.2 Å². The van der Waals surface area contributed by atoms with Crippen LogP contribution in [0.15, 0.2) is 71.6 Å². The van der Waals surface area contributed by atoms with E-state index in [1.54, 1.807) is 47.4 Å². The van der Waals surface area contributed by atoms with Crippen LogP contribution in [0.4, 0.5) is 16.2 Å². The van der Waals surface area contributed by atoms with Crippen molar-refractivity contribution in [2.24, 2.45) is 0 Å². The van der Waals surface area contributed by atoms with Gasteiger partial charge in [-0.15, -0.1) is 0 Å². The second kappa shape index (κ2) is 12.2. The van der Waals surface area contributed by atoms with Crippen LogP contribution in [0.1, 0.15) is 37.8 Å². The Balaban J connectivity index is 1.60. The lowest BCUT2D eigenvalue weighted by Gasteiger charge is -2.37. The molecule has 1 fully saturated rings. The molecule has 0 radical (unpaired) electrons. The van der Waals surface area contributed by atoms with E-state index in [9.17, 15) is 18.0 Å². The Morgan fingerprint density at radius 1 is 1.00 bits per heavy atom. The molecule has 0 aliphatic carbocycles. The van der Waals surface area contributed by atoms with Crippen LogP contribution in [0.25, 0.3) is 0 Å². The van der Waals surface area contributed by atoms with E-state index < -0.39 is 21.5 Å². The molecule has 0 saturated carbocycles. The van der Waals surface area contributed by atoms with Gasteiger partial charge in [0.15, 0.2) is 5.54 Å². The summed E-state index contributed by atoms with van der Waals surface area (Å²) >= 11 is 13.2. The molecule has 1 unspecified atom stereocenters. The van der Waals surface area contributed by atoms with Gasteiger partial charge in [0.05, 0.1) is 10.6 Å². The molecular weight excluding hydrogens is 597 g/mol. The van der Waals surface area contributed by atoms with Crippen LogP contribution in [0.2, 0.25) is 10.0 Å². The topological polar surface area (TPSA) is 111 Å². The van der Waals surface area contributed by atoms with Crippen LogP contribution < -0.4 is 20.3 Å². The van der Waals surface area contributed by atoms with Gasteiger partial charge in [-0.3, -0.25) is 10.1 Å². The van der Waals surface area contributed by atoms with Crippen molar-refractivity contribution in [3.8, 4) is 0 Å². The predicted octanol–water partition coefficient (Wildman–Crippen LogP) is 5.19. The molecule has 0 aromatic heterocycles. The molecule has 5 rings (SSSR count). The van der Waals surface area contributed by atoms with Crippen LogP contribution in [0.3, 0.4) is 0 Å². The van der Waals surface area contributed by atoms with Gasteiger partial charge in [-0.25, -0.2) is 17.5 Å². The molecule has 2 aliphatic heterocycles. The van der Waals surface area contributed by atoms with Crippen molar-refractivity contribution in [3.63, 3.8) is 0 Å². The quantitative estimate of drug-likeness (QED) is 0.316. The zero-order valence-corrected chi connectivity index (χ0v) is 25.7. The van der Waals surface area contributed by atoms with E-state index in [0.717, 1.165) is 30.2 Å². The predicted molar refractivity (Wildman–Crippen MR) is 166 cm³/mol. The number of piperidine rings is 1. The second-order valence-electron chi connectivity index (χ2n) is 10.3. The lowest BCUT2D eigenvalue weighted by Crippen LogP contribution is -2.57. The Kier molecular flexibility index (Phi) is 8.82. The highest BCUT2D eigenvalue weighted by atomic mass is 35.5. The average Bonchev–Trinajstić information content (AvgIpc) is 3.22. The molecule has 0 spiro atoms. The number of nitrogens with zero attached hydrogens (tertiary/aromatic N) is 2. The number of halogens is 2. The van der Waals surface area contributed by atoms with Crippen molar-refractivity contribution < 1.29 is 18.0 Å². The summed E-state index contributed by atoms with van der Waals surface area (Å²) in [5.41, 5.74) is -0.0941. The summed E-state index contributed by atoms with van der Waals surface area (Å²) < 4.78 is 29.3. The molecule has 9 nitrogen and oxygen atoms in total. The largest absolute Gasteiger partial charge is 0.325 e. The fourth-order valence-corrected chi connectivity index (χ4v) is 7.56. The maximum absolute atomic E-state index is 14.7. The molecule has 42 heavy (non-hydrogen) atoms. The summed E-state index contributed by atoms with van der Waals surface area (Å²) in [4.78, 5) is 28.7. The van der Waals surface area contributed by atoms with Gasteiger partial charge in [-0.05, 0) is 88.3 Å². The van der Waals surface area contributed by atoms with Crippen molar-refractivity contribution in [2.75, 3.05) is 35.8 Å². The number of carbonyl (C=O) groups excluding carboxylic acids is 2. The third kappa shape index (κ3) is 5.38. The number of benzene rings is 3. The molecule has 3 amide bonds. The molecule has 2 aliphatic rings. The van der Waals surface area contributed by atoms with Crippen LogP contribution in [0.5, 0.6) is 0 Å². The van der Waals surface area contributed by atoms with Crippen molar-refractivity contribution in [1.82, 2.24) is 15.5 Å². The number of urea groups is 1. The first-order valence-corrected chi connectivity index (χ1v) is 16.1. The number of hydrogen-bond acceptors (Lipinski definition) is 6. The Morgan fingerprint density at radius 3 is 2.31 bits per heavy atom. The fourth-order valence-electron chi connectivity index (χ4n) is 5.65. The SMILES string of the molecule is CCN(CC)C(=O)Nc1ccc(S(=O)(=O)N2C(=O)C(NC3CCNCC3)(c3ccccc3Cl)c3cc(Cl)ccc32)cc1. The molecule has 3 N–H and O–H groups in total. The molecule has 1 atom stereocenters. The van der Waals surface area contributed by atoms with E-state index >= 15 is 0 Å². The molecule has 1 saturated heterocycles. The summed E-state index contributed by atoms with van der Waals surface area (Å²) in [6.45, 7) is 6.33. The minimum atomic E-state index is -4.40. The van der Waals surface area contributed by atoms with Crippen molar-refractivity contribution in [1.29, 1.82) is 0 Å². The Labute approximate surface area is 256 Å². The Bertz CT molecular complexity index is 1590. The van der Waals surface area contributed by atoms with Crippen LogP contribution in [0, 0.1) is 0 Å². The Morgan fingerprint density at radius 2 is 1.67 bits per heavy atom. The van der Waals surface area contributed by atoms with Gasteiger partial charge in [0.1, 0.15) is 0 Å². The highest BCUT2D eigenvalue weighted by Crippen LogP contribution is 2.49. The second-order valence-corrected chi connectivity index (χ2v) is 12.9. The first-order chi connectivity index (χ1) is 20.1. The molecule has 0 bridgehead atoms. The number of carbonyl (C=O) groups is 2. The van der Waals surface area contributed by atoms with E-state index in [1.165, 1.54) is 24.3 Å². The van der Waals surface area contributed by atoms with E-state index in [-0.39, 0.29) is 22.7 Å². The summed E-state index contributed by atoms with van der Waals surface area (Å²) in [5.74, 6) is -0.690. The number of anilines is 2. The molecule has 2 heterocycles. The van der Waals surface area contributed by atoms with E-state index in [2.05, 4.69) is 16.0 Å². The summed E-state index contributed by atoms with van der Waals surface area (Å²) in [7, 11) is -4.40. The number of rotatable bonds is 8. The van der Waals surface area contributed by atoms with E-state index in [0.29, 0.717) is 39.9 Å². The molecule has 3 aromatic rings. The maximum atomic E-state index is 14.7. The van der Waals surface area contributed by atoms with Gasteiger partial charge in [0.25, 0.3) is 15.9 Å². The maximum Gasteiger partial charge on any atom is 0.321 e. The third-order valence-electron chi connectivity index (χ3n) is 7.82. The number of nitrogens with one attached hydrogen (secondary N) is 3. The molecule has 222 valence electrons. The van der Waals surface area contributed by atoms with Gasteiger partial charge < -0.3 is 15.5 Å². The Hall–Kier alpha value is -3.15.